The van der Waals surface area contributed by atoms with E-state index in [9.17, 15) is 0 Å². The van der Waals surface area contributed by atoms with Gasteiger partial charge in [0.1, 0.15) is 0 Å². The summed E-state index contributed by atoms with van der Waals surface area (Å²) in [5.41, 5.74) is 6.20. The fourth-order valence-corrected chi connectivity index (χ4v) is 3.42. The largest absolute Gasteiger partial charge is 0.330 e. The number of hydrogen-bond donors (Lipinski definition) is 2. The summed E-state index contributed by atoms with van der Waals surface area (Å²) in [6.45, 7) is 3.19. The van der Waals surface area contributed by atoms with E-state index in [4.69, 9.17) is 5.73 Å². The number of halogens is 1. The third kappa shape index (κ3) is 0.769. The minimum atomic E-state index is 0.478. The predicted octanol–water partition coefficient (Wildman–Crippen LogP) is 0.502. The first-order valence-corrected chi connectivity index (χ1v) is 4.90. The van der Waals surface area contributed by atoms with E-state index in [1.165, 1.54) is 19.4 Å². The van der Waals surface area contributed by atoms with Gasteiger partial charge in [0.25, 0.3) is 0 Å². The van der Waals surface area contributed by atoms with Gasteiger partial charge in [-0.2, -0.15) is 0 Å². The molecule has 0 radical (unpaired) electrons. The molecule has 0 aromatic heterocycles. The van der Waals surface area contributed by atoms with E-state index in [-0.39, 0.29) is 0 Å². The molecule has 58 valence electrons. The summed E-state index contributed by atoms with van der Waals surface area (Å²) < 4.78 is 0.574. The van der Waals surface area contributed by atoms with Crippen molar-refractivity contribution < 1.29 is 0 Å². The van der Waals surface area contributed by atoms with Crippen LogP contribution in [0.1, 0.15) is 12.8 Å². The Bertz CT molecular complexity index is 158. The SMILES string of the molecule is NC[C@@]12CNCC[C@]1(I)C2. The number of hydrogen-bond acceptors (Lipinski definition) is 2. The lowest BCUT2D eigenvalue weighted by atomic mass is 9.99. The van der Waals surface area contributed by atoms with Gasteiger partial charge in [-0.15, -0.1) is 0 Å². The summed E-state index contributed by atoms with van der Waals surface area (Å²) in [4.78, 5) is 0. The lowest BCUT2D eigenvalue weighted by Gasteiger charge is -2.25. The van der Waals surface area contributed by atoms with Crippen molar-refractivity contribution in [1.29, 1.82) is 0 Å². The minimum absolute atomic E-state index is 0.478. The maximum Gasteiger partial charge on any atom is 0.0322 e. The molecule has 3 N–H and O–H groups in total. The van der Waals surface area contributed by atoms with Gasteiger partial charge in [0, 0.05) is 21.9 Å². The maximum absolute atomic E-state index is 5.72. The van der Waals surface area contributed by atoms with Crippen LogP contribution in [-0.4, -0.2) is 23.1 Å². The monoisotopic (exact) mass is 252 g/mol. The topological polar surface area (TPSA) is 38.0 Å². The van der Waals surface area contributed by atoms with E-state index < -0.39 is 0 Å². The molecule has 1 saturated heterocycles. The molecule has 2 rings (SSSR count). The molecule has 3 heteroatoms. The van der Waals surface area contributed by atoms with Crippen LogP contribution in [0.25, 0.3) is 0 Å². The van der Waals surface area contributed by atoms with Crippen LogP contribution in [0, 0.1) is 5.41 Å². The molecule has 0 aromatic carbocycles. The summed E-state index contributed by atoms with van der Waals surface area (Å²) >= 11 is 2.60. The highest BCUT2D eigenvalue weighted by molar-refractivity contribution is 14.1. The molecule has 10 heavy (non-hydrogen) atoms. The highest BCUT2D eigenvalue weighted by Crippen LogP contribution is 2.64. The molecule has 0 bridgehead atoms. The molecule has 1 aliphatic heterocycles. The van der Waals surface area contributed by atoms with E-state index in [0.29, 0.717) is 8.84 Å². The smallest absolute Gasteiger partial charge is 0.0322 e. The van der Waals surface area contributed by atoms with Crippen LogP contribution in [0.4, 0.5) is 0 Å². The Morgan fingerprint density at radius 3 is 2.90 bits per heavy atom. The standard InChI is InChI=1S/C7H13IN2/c8-7-1-2-10-5-6(7,3-7)4-9/h10H,1-5,9H2/t6-,7-/m0/s1. The normalized spacial score (nSPS) is 52.2. The molecule has 1 heterocycles. The van der Waals surface area contributed by atoms with Crippen LogP contribution in [0.2, 0.25) is 0 Å². The Kier molecular flexibility index (Phi) is 1.52. The van der Waals surface area contributed by atoms with E-state index in [1.54, 1.807) is 0 Å². The van der Waals surface area contributed by atoms with Gasteiger partial charge in [-0.05, 0) is 19.4 Å². The average Bonchev–Trinajstić information content (AvgIpc) is 2.56. The van der Waals surface area contributed by atoms with Gasteiger partial charge >= 0.3 is 0 Å². The lowest BCUT2D eigenvalue weighted by molar-refractivity contribution is 0.392. The second kappa shape index (κ2) is 2.08. The summed E-state index contributed by atoms with van der Waals surface area (Å²) in [6.07, 6.45) is 2.65. The first kappa shape index (κ1) is 7.31. The van der Waals surface area contributed by atoms with Crippen LogP contribution in [0.15, 0.2) is 0 Å². The van der Waals surface area contributed by atoms with Crippen molar-refractivity contribution in [3.8, 4) is 0 Å². The molecule has 1 saturated carbocycles. The highest BCUT2D eigenvalue weighted by atomic mass is 127. The molecule has 0 spiro atoms. The zero-order valence-corrected chi connectivity index (χ0v) is 8.15. The molecule has 2 aliphatic rings. The third-order valence-electron chi connectivity index (χ3n) is 3.00. The summed E-state index contributed by atoms with van der Waals surface area (Å²) in [7, 11) is 0. The summed E-state index contributed by atoms with van der Waals surface area (Å²) in [5, 5.41) is 3.41. The summed E-state index contributed by atoms with van der Waals surface area (Å²) in [5.74, 6) is 0. The molecular weight excluding hydrogens is 239 g/mol. The van der Waals surface area contributed by atoms with Crippen molar-refractivity contribution in [3.05, 3.63) is 0 Å². The molecule has 2 atom stereocenters. The van der Waals surface area contributed by atoms with Gasteiger partial charge in [0.05, 0.1) is 0 Å². The number of nitrogens with one attached hydrogen (secondary N) is 1. The van der Waals surface area contributed by atoms with Gasteiger partial charge in [-0.1, -0.05) is 22.6 Å². The molecule has 2 fully saturated rings. The zero-order chi connectivity index (χ0) is 7.24. The van der Waals surface area contributed by atoms with E-state index in [1.807, 2.05) is 0 Å². The second-order valence-corrected chi connectivity index (χ2v) is 5.62. The molecule has 0 aromatic rings. The van der Waals surface area contributed by atoms with Gasteiger partial charge in [0.2, 0.25) is 0 Å². The Labute approximate surface area is 75.1 Å². The molecule has 1 aliphatic carbocycles. The Morgan fingerprint density at radius 2 is 2.40 bits per heavy atom. The van der Waals surface area contributed by atoms with Crippen LogP contribution in [0.5, 0.6) is 0 Å². The minimum Gasteiger partial charge on any atom is -0.330 e. The lowest BCUT2D eigenvalue weighted by Crippen LogP contribution is -2.40. The number of fused-ring (bicyclic) bond motifs is 1. The van der Waals surface area contributed by atoms with Crippen LogP contribution < -0.4 is 11.1 Å². The fourth-order valence-electron chi connectivity index (χ4n) is 2.01. The molecule has 0 amide bonds. The fraction of sp³-hybridized carbons (Fsp3) is 1.00. The van der Waals surface area contributed by atoms with Gasteiger partial charge in [-0.3, -0.25) is 0 Å². The second-order valence-electron chi connectivity index (χ2n) is 3.55. The van der Waals surface area contributed by atoms with E-state index in [0.717, 1.165) is 13.1 Å². The molecular formula is C7H13IN2. The zero-order valence-electron chi connectivity index (χ0n) is 5.99. The van der Waals surface area contributed by atoms with Gasteiger partial charge < -0.3 is 11.1 Å². The van der Waals surface area contributed by atoms with E-state index in [2.05, 4.69) is 27.9 Å². The Balaban J connectivity index is 2.13. The maximum atomic E-state index is 5.72. The first-order chi connectivity index (χ1) is 4.72. The highest BCUT2D eigenvalue weighted by Gasteiger charge is 2.65. The van der Waals surface area contributed by atoms with Crippen molar-refractivity contribution >= 4 is 22.6 Å². The number of rotatable bonds is 1. The Hall–Kier alpha value is 0.650. The van der Waals surface area contributed by atoms with Crippen molar-refractivity contribution in [2.75, 3.05) is 19.6 Å². The third-order valence-corrected chi connectivity index (χ3v) is 5.06. The van der Waals surface area contributed by atoms with Crippen molar-refractivity contribution in [2.24, 2.45) is 11.1 Å². The quantitative estimate of drug-likeness (QED) is 0.527. The predicted molar refractivity (Wildman–Crippen MR) is 50.3 cm³/mol. The van der Waals surface area contributed by atoms with Crippen LogP contribution >= 0.6 is 22.6 Å². The van der Waals surface area contributed by atoms with Crippen molar-refractivity contribution in [1.82, 2.24) is 5.32 Å². The van der Waals surface area contributed by atoms with Gasteiger partial charge in [-0.25, -0.2) is 0 Å². The number of nitrogens with two attached hydrogens (primary N) is 1. The first-order valence-electron chi connectivity index (χ1n) is 3.82. The average molecular weight is 252 g/mol. The van der Waals surface area contributed by atoms with Crippen molar-refractivity contribution in [2.45, 2.75) is 16.3 Å². The van der Waals surface area contributed by atoms with Crippen LogP contribution in [0.3, 0.4) is 0 Å². The van der Waals surface area contributed by atoms with Crippen LogP contribution in [-0.2, 0) is 0 Å². The Morgan fingerprint density at radius 1 is 1.60 bits per heavy atom. The summed E-state index contributed by atoms with van der Waals surface area (Å²) in [6, 6.07) is 0. The van der Waals surface area contributed by atoms with Crippen molar-refractivity contribution in [3.63, 3.8) is 0 Å². The molecule has 0 unspecified atom stereocenters. The van der Waals surface area contributed by atoms with Gasteiger partial charge in [0.15, 0.2) is 0 Å². The number of alkyl halides is 1. The van der Waals surface area contributed by atoms with E-state index >= 15 is 0 Å². The molecule has 2 nitrogen and oxygen atoms in total. The number of piperidine rings is 1.